The second kappa shape index (κ2) is 4.65. The highest BCUT2D eigenvalue weighted by Gasteiger charge is 2.12. The van der Waals surface area contributed by atoms with Gasteiger partial charge in [-0.15, -0.1) is 11.8 Å². The summed E-state index contributed by atoms with van der Waals surface area (Å²) in [6, 6.07) is 6.47. The first kappa shape index (κ1) is 9.78. The van der Waals surface area contributed by atoms with Crippen LogP contribution < -0.4 is 0 Å². The van der Waals surface area contributed by atoms with Crippen molar-refractivity contribution < 1.29 is 4.79 Å². The summed E-state index contributed by atoms with van der Waals surface area (Å²) in [6.07, 6.45) is 6.00. The topological polar surface area (TPSA) is 17.1 Å². The van der Waals surface area contributed by atoms with E-state index in [0.717, 1.165) is 6.29 Å². The molecule has 0 aromatic heterocycles. The van der Waals surface area contributed by atoms with E-state index in [1.165, 1.54) is 41.7 Å². The first-order valence-electron chi connectivity index (χ1n) is 5.09. The maximum Gasteiger partial charge on any atom is 0.130 e. The molecule has 0 amide bonds. The smallest absolute Gasteiger partial charge is 0.130 e. The summed E-state index contributed by atoms with van der Waals surface area (Å²) in [4.78, 5) is 11.6. The Morgan fingerprint density at radius 1 is 1.29 bits per heavy atom. The molecule has 0 N–H and O–H groups in total. The zero-order valence-corrected chi connectivity index (χ0v) is 8.98. The largest absolute Gasteiger partial charge is 0.302 e. The van der Waals surface area contributed by atoms with Gasteiger partial charge in [0.2, 0.25) is 0 Å². The maximum absolute atomic E-state index is 10.3. The first-order chi connectivity index (χ1) is 6.92. The van der Waals surface area contributed by atoms with Crippen molar-refractivity contribution >= 4 is 18.0 Å². The third-order valence-electron chi connectivity index (χ3n) is 2.66. The molecule has 0 atom stereocenters. The summed E-state index contributed by atoms with van der Waals surface area (Å²) in [6.45, 7) is 0. The molecule has 0 bridgehead atoms. The number of aryl methyl sites for hydroxylation is 1. The number of hydrogen-bond donors (Lipinski definition) is 0. The van der Waals surface area contributed by atoms with Crippen molar-refractivity contribution in [2.45, 2.75) is 30.6 Å². The summed E-state index contributed by atoms with van der Waals surface area (Å²) < 4.78 is 0. The van der Waals surface area contributed by atoms with Crippen LogP contribution >= 0.6 is 11.8 Å². The number of carbonyl (C=O) groups is 1. The van der Waals surface area contributed by atoms with Crippen LogP contribution in [-0.2, 0) is 17.6 Å². The first-order valence-corrected chi connectivity index (χ1v) is 6.07. The van der Waals surface area contributed by atoms with Crippen LogP contribution in [0, 0.1) is 0 Å². The Balaban J connectivity index is 2.25. The van der Waals surface area contributed by atoms with E-state index in [1.54, 1.807) is 11.8 Å². The lowest BCUT2D eigenvalue weighted by Gasteiger charge is -2.18. The van der Waals surface area contributed by atoms with Crippen molar-refractivity contribution in [1.29, 1.82) is 0 Å². The summed E-state index contributed by atoms with van der Waals surface area (Å²) >= 11 is 1.67. The Kier molecular flexibility index (Phi) is 3.25. The van der Waals surface area contributed by atoms with Crippen molar-refractivity contribution in [2.24, 2.45) is 0 Å². The Morgan fingerprint density at radius 2 is 2.14 bits per heavy atom. The molecule has 1 aromatic carbocycles. The highest BCUT2D eigenvalue weighted by atomic mass is 32.2. The van der Waals surface area contributed by atoms with Crippen LogP contribution in [0.3, 0.4) is 0 Å². The quantitative estimate of drug-likeness (QED) is 0.559. The number of thioether (sulfide) groups is 1. The minimum atomic E-state index is 0.580. The molecule has 1 aliphatic rings. The molecule has 74 valence electrons. The van der Waals surface area contributed by atoms with Gasteiger partial charge < -0.3 is 4.79 Å². The molecule has 1 nitrogen and oxygen atoms in total. The van der Waals surface area contributed by atoms with Crippen molar-refractivity contribution in [3.63, 3.8) is 0 Å². The molecule has 0 heterocycles. The number of hydrogen-bond acceptors (Lipinski definition) is 2. The Hall–Kier alpha value is -0.760. The van der Waals surface area contributed by atoms with Crippen LogP contribution in [-0.4, -0.2) is 12.0 Å². The second-order valence-corrected chi connectivity index (χ2v) is 4.64. The van der Waals surface area contributed by atoms with Gasteiger partial charge in [-0.1, -0.05) is 12.1 Å². The maximum atomic E-state index is 10.3. The lowest BCUT2D eigenvalue weighted by molar-refractivity contribution is -0.105. The minimum absolute atomic E-state index is 0.580. The number of rotatable bonds is 3. The highest BCUT2D eigenvalue weighted by Crippen LogP contribution is 2.30. The van der Waals surface area contributed by atoms with Crippen molar-refractivity contribution in [3.8, 4) is 0 Å². The Bertz CT molecular complexity index is 333. The molecule has 0 fully saturated rings. The zero-order valence-electron chi connectivity index (χ0n) is 8.16. The fraction of sp³-hybridized carbons (Fsp3) is 0.417. The molecular formula is C12H14OS. The summed E-state index contributed by atoms with van der Waals surface area (Å²) in [5, 5.41) is 0. The third kappa shape index (κ3) is 2.01. The van der Waals surface area contributed by atoms with E-state index in [9.17, 15) is 4.79 Å². The molecule has 1 aliphatic carbocycles. The zero-order chi connectivity index (χ0) is 9.80. The number of benzene rings is 1. The predicted molar refractivity (Wildman–Crippen MR) is 59.9 cm³/mol. The lowest BCUT2D eigenvalue weighted by Crippen LogP contribution is -2.03. The molecule has 2 heteroatoms. The molecule has 0 aliphatic heterocycles. The average molecular weight is 206 g/mol. The third-order valence-corrected chi connectivity index (χ3v) is 3.66. The fourth-order valence-electron chi connectivity index (χ4n) is 2.01. The monoisotopic (exact) mass is 206 g/mol. The van der Waals surface area contributed by atoms with Gasteiger partial charge in [-0.05, 0) is 42.9 Å². The van der Waals surface area contributed by atoms with E-state index < -0.39 is 0 Å². The lowest BCUT2D eigenvalue weighted by atomic mass is 9.92. The summed E-state index contributed by atoms with van der Waals surface area (Å²) in [5.41, 5.74) is 2.98. The Labute approximate surface area is 88.9 Å². The van der Waals surface area contributed by atoms with Gasteiger partial charge >= 0.3 is 0 Å². The van der Waals surface area contributed by atoms with Gasteiger partial charge in [0.05, 0.1) is 5.75 Å². The van der Waals surface area contributed by atoms with Crippen molar-refractivity contribution in [2.75, 3.05) is 5.75 Å². The van der Waals surface area contributed by atoms with Gasteiger partial charge in [-0.25, -0.2) is 0 Å². The average Bonchev–Trinajstić information content (AvgIpc) is 2.26. The normalized spacial score (nSPS) is 14.9. The van der Waals surface area contributed by atoms with E-state index in [-0.39, 0.29) is 0 Å². The number of aldehydes is 1. The standard InChI is InChI=1S/C12H14OS/c13-8-9-14-12-7-3-5-10-4-1-2-6-11(10)12/h3,5,7-8H,1-2,4,6,9H2. The van der Waals surface area contributed by atoms with Gasteiger partial charge in [-0.3, -0.25) is 0 Å². The molecule has 2 rings (SSSR count). The molecule has 0 unspecified atom stereocenters. The van der Waals surface area contributed by atoms with Crippen LogP contribution in [0.1, 0.15) is 24.0 Å². The molecule has 0 spiro atoms. The predicted octanol–water partition coefficient (Wildman–Crippen LogP) is 2.86. The van der Waals surface area contributed by atoms with Gasteiger partial charge in [0.25, 0.3) is 0 Å². The van der Waals surface area contributed by atoms with E-state index in [4.69, 9.17) is 0 Å². The van der Waals surface area contributed by atoms with E-state index in [0.29, 0.717) is 5.75 Å². The van der Waals surface area contributed by atoms with Crippen molar-refractivity contribution in [3.05, 3.63) is 29.3 Å². The van der Waals surface area contributed by atoms with Gasteiger partial charge in [0.15, 0.2) is 0 Å². The van der Waals surface area contributed by atoms with Gasteiger partial charge in [0.1, 0.15) is 6.29 Å². The molecule has 0 saturated heterocycles. The van der Waals surface area contributed by atoms with Crippen LogP contribution in [0.2, 0.25) is 0 Å². The summed E-state index contributed by atoms with van der Waals surface area (Å²) in [7, 11) is 0. The molecular weight excluding hydrogens is 192 g/mol. The molecule has 1 aromatic rings. The van der Waals surface area contributed by atoms with Crippen LogP contribution in [0.25, 0.3) is 0 Å². The highest BCUT2D eigenvalue weighted by molar-refractivity contribution is 8.00. The molecule has 0 radical (unpaired) electrons. The molecule has 14 heavy (non-hydrogen) atoms. The van der Waals surface area contributed by atoms with E-state index >= 15 is 0 Å². The second-order valence-electron chi connectivity index (χ2n) is 3.58. The SMILES string of the molecule is O=CCSc1cccc2c1CCCC2. The van der Waals surface area contributed by atoms with Crippen LogP contribution in [0.5, 0.6) is 0 Å². The van der Waals surface area contributed by atoms with Gasteiger partial charge in [-0.2, -0.15) is 0 Å². The summed E-state index contributed by atoms with van der Waals surface area (Å²) in [5.74, 6) is 0.580. The van der Waals surface area contributed by atoms with Crippen molar-refractivity contribution in [1.82, 2.24) is 0 Å². The van der Waals surface area contributed by atoms with Crippen LogP contribution in [0.4, 0.5) is 0 Å². The van der Waals surface area contributed by atoms with E-state index in [2.05, 4.69) is 18.2 Å². The fourth-order valence-corrected chi connectivity index (χ4v) is 2.84. The number of fused-ring (bicyclic) bond motifs is 1. The Morgan fingerprint density at radius 3 is 3.00 bits per heavy atom. The van der Waals surface area contributed by atoms with Crippen LogP contribution in [0.15, 0.2) is 23.1 Å². The van der Waals surface area contributed by atoms with E-state index in [1.807, 2.05) is 0 Å². The molecule has 0 saturated carbocycles. The minimum Gasteiger partial charge on any atom is -0.302 e. The number of carbonyl (C=O) groups excluding carboxylic acids is 1. The van der Waals surface area contributed by atoms with Gasteiger partial charge in [0, 0.05) is 4.90 Å².